The molecule has 2 aromatic heterocycles. The van der Waals surface area contributed by atoms with E-state index in [9.17, 15) is 19.2 Å². The van der Waals surface area contributed by atoms with Crippen molar-refractivity contribution in [3.05, 3.63) is 85.6 Å². The van der Waals surface area contributed by atoms with Gasteiger partial charge in [0.05, 0.1) is 22.7 Å². The van der Waals surface area contributed by atoms with Crippen LogP contribution in [0.4, 0.5) is 5.69 Å². The molecule has 3 heterocycles. The monoisotopic (exact) mass is 615 g/mol. The van der Waals surface area contributed by atoms with E-state index in [1.165, 1.54) is 10.6 Å². The van der Waals surface area contributed by atoms with E-state index < -0.39 is 6.04 Å². The number of pyridine rings is 1. The molecule has 228 valence electrons. The summed E-state index contributed by atoms with van der Waals surface area (Å²) in [5, 5.41) is 6.70. The number of methoxy groups -OCH3 is 1. The highest BCUT2D eigenvalue weighted by molar-refractivity contribution is 6.31. The molecule has 2 fully saturated rings. The van der Waals surface area contributed by atoms with Crippen LogP contribution in [0.2, 0.25) is 5.02 Å². The Balaban J connectivity index is 1.29. The Labute approximate surface area is 258 Å². The van der Waals surface area contributed by atoms with Crippen LogP contribution in [0.25, 0.3) is 22.2 Å². The van der Waals surface area contributed by atoms with E-state index >= 15 is 0 Å². The van der Waals surface area contributed by atoms with Crippen LogP contribution in [-0.2, 0) is 16.0 Å². The third-order valence-electron chi connectivity index (χ3n) is 9.55. The second-order valence-corrected chi connectivity index (χ2v) is 13.0. The van der Waals surface area contributed by atoms with Crippen molar-refractivity contribution in [1.82, 2.24) is 19.9 Å². The van der Waals surface area contributed by atoms with Crippen molar-refractivity contribution in [2.24, 2.45) is 5.92 Å². The minimum atomic E-state index is -0.871. The maximum Gasteiger partial charge on any atom is 0.323 e. The number of fused-ring (bicyclic) bond motifs is 4. The number of hydrogen-bond acceptors (Lipinski definition) is 5. The minimum absolute atomic E-state index is 0.192. The fourth-order valence-electron chi connectivity index (χ4n) is 6.92. The number of ether oxygens (including phenoxy) is 1. The predicted molar refractivity (Wildman–Crippen MR) is 168 cm³/mol. The Morgan fingerprint density at radius 2 is 1.77 bits per heavy atom. The number of halogens is 1. The van der Waals surface area contributed by atoms with Crippen molar-refractivity contribution in [1.29, 1.82) is 0 Å². The number of nitrogens with one attached hydrogen (secondary N) is 4. The molecule has 11 heteroatoms. The zero-order chi connectivity index (χ0) is 30.6. The molecule has 1 aliphatic heterocycles. The molecule has 1 atom stereocenters. The standard InChI is InChI=1S/C33H34ClN5O5/c1-44-22-7-2-18(3-8-22)12-28(31(42)35-21-6-9-26-27(14-21)37-32(43)36-26)39-17-25-24(15-29(39)40)23-13-20(34)5-4-19(23)16-33(10-11-33)38-30(25)41/h4-6,9,13-15,17-18,22,28H,2-3,7-8,10-12,16H2,1H3,(H,35,42)(H,38,41)(H2,36,37,43). The molecule has 0 radical (unpaired) electrons. The third-order valence-corrected chi connectivity index (χ3v) is 9.79. The zero-order valence-corrected chi connectivity index (χ0v) is 25.1. The van der Waals surface area contributed by atoms with E-state index in [1.54, 1.807) is 31.5 Å². The van der Waals surface area contributed by atoms with Gasteiger partial charge in [-0.2, -0.15) is 0 Å². The molecule has 44 heavy (non-hydrogen) atoms. The second kappa shape index (κ2) is 11.1. The van der Waals surface area contributed by atoms with Crippen LogP contribution in [0.1, 0.15) is 66.9 Å². The lowest BCUT2D eigenvalue weighted by molar-refractivity contribution is -0.120. The van der Waals surface area contributed by atoms with E-state index in [0.717, 1.165) is 49.7 Å². The molecule has 10 nitrogen and oxygen atoms in total. The van der Waals surface area contributed by atoms with Gasteiger partial charge in [-0.1, -0.05) is 17.7 Å². The first kappa shape index (κ1) is 28.6. The number of hydrogen-bond donors (Lipinski definition) is 4. The molecule has 0 bridgehead atoms. The van der Waals surface area contributed by atoms with E-state index in [-0.39, 0.29) is 40.6 Å². The summed E-state index contributed by atoms with van der Waals surface area (Å²) in [5.41, 5.74) is 3.29. The van der Waals surface area contributed by atoms with E-state index in [0.29, 0.717) is 45.7 Å². The first-order valence-electron chi connectivity index (χ1n) is 15.1. The van der Waals surface area contributed by atoms with Crippen LogP contribution in [0.3, 0.4) is 0 Å². The molecule has 0 saturated heterocycles. The summed E-state index contributed by atoms with van der Waals surface area (Å²) in [6, 6.07) is 11.3. The summed E-state index contributed by atoms with van der Waals surface area (Å²) in [4.78, 5) is 58.8. The van der Waals surface area contributed by atoms with Gasteiger partial charge in [-0.15, -0.1) is 0 Å². The first-order chi connectivity index (χ1) is 21.2. The number of carbonyl (C=O) groups is 2. The number of carbonyl (C=O) groups excluding carboxylic acids is 2. The van der Waals surface area contributed by atoms with E-state index in [4.69, 9.17) is 16.3 Å². The van der Waals surface area contributed by atoms with Gasteiger partial charge in [0.25, 0.3) is 11.5 Å². The second-order valence-electron chi connectivity index (χ2n) is 12.5. The average Bonchev–Trinajstić information content (AvgIpc) is 3.65. The molecule has 2 amide bonds. The zero-order valence-electron chi connectivity index (χ0n) is 24.4. The summed E-state index contributed by atoms with van der Waals surface area (Å²) in [7, 11) is 1.72. The van der Waals surface area contributed by atoms with Crippen LogP contribution >= 0.6 is 11.6 Å². The van der Waals surface area contributed by atoms with Gasteiger partial charge in [0.2, 0.25) is 5.91 Å². The first-order valence-corrected chi connectivity index (χ1v) is 15.5. The molecular weight excluding hydrogens is 582 g/mol. The normalized spacial score (nSPS) is 21.1. The van der Waals surface area contributed by atoms with Gasteiger partial charge < -0.3 is 29.9 Å². The third kappa shape index (κ3) is 5.48. The van der Waals surface area contributed by atoms with Gasteiger partial charge in [0.15, 0.2) is 0 Å². The van der Waals surface area contributed by atoms with Gasteiger partial charge in [-0.3, -0.25) is 14.4 Å². The Morgan fingerprint density at radius 3 is 2.52 bits per heavy atom. The summed E-state index contributed by atoms with van der Waals surface area (Å²) < 4.78 is 6.97. The number of rotatable bonds is 6. The Kier molecular flexibility index (Phi) is 7.21. The molecule has 1 unspecified atom stereocenters. The van der Waals surface area contributed by atoms with Gasteiger partial charge in [-0.25, -0.2) is 4.79 Å². The van der Waals surface area contributed by atoms with Crippen molar-refractivity contribution in [2.45, 2.75) is 69.1 Å². The average molecular weight is 616 g/mol. The van der Waals surface area contributed by atoms with E-state index in [2.05, 4.69) is 20.6 Å². The molecule has 2 aliphatic carbocycles. The highest BCUT2D eigenvalue weighted by atomic mass is 35.5. The van der Waals surface area contributed by atoms with Crippen molar-refractivity contribution in [3.8, 4) is 11.1 Å². The fourth-order valence-corrected chi connectivity index (χ4v) is 7.09. The van der Waals surface area contributed by atoms with Crippen molar-refractivity contribution in [3.63, 3.8) is 0 Å². The SMILES string of the molecule is COC1CCC(CC(C(=O)Nc2ccc3[nH]c(=O)[nH]c3c2)n2cc3c(cc2=O)-c2cc(Cl)ccc2CC2(CC2)NC3=O)CC1. The number of nitrogens with zero attached hydrogens (tertiary/aromatic N) is 1. The lowest BCUT2D eigenvalue weighted by Crippen LogP contribution is -2.41. The van der Waals surface area contributed by atoms with Crippen molar-refractivity contribution in [2.75, 3.05) is 12.4 Å². The maximum absolute atomic E-state index is 14.0. The number of benzene rings is 2. The van der Waals surface area contributed by atoms with Crippen LogP contribution in [0.15, 0.2) is 58.3 Å². The number of H-pyrrole nitrogens is 2. The lowest BCUT2D eigenvalue weighted by Gasteiger charge is -2.31. The summed E-state index contributed by atoms with van der Waals surface area (Å²) >= 11 is 6.40. The largest absolute Gasteiger partial charge is 0.381 e. The van der Waals surface area contributed by atoms with Gasteiger partial charge in [0, 0.05) is 41.2 Å². The number of anilines is 1. The topological polar surface area (TPSA) is 138 Å². The van der Waals surface area contributed by atoms with E-state index in [1.807, 2.05) is 18.2 Å². The van der Waals surface area contributed by atoms with Gasteiger partial charge >= 0.3 is 5.69 Å². The summed E-state index contributed by atoms with van der Waals surface area (Å²) in [5.74, 6) is -0.442. The Bertz CT molecular complexity index is 1900. The molecule has 3 aliphatic rings. The highest BCUT2D eigenvalue weighted by Crippen LogP contribution is 2.43. The Morgan fingerprint density at radius 1 is 1.00 bits per heavy atom. The lowest BCUT2D eigenvalue weighted by atomic mass is 9.83. The molecule has 4 N–H and O–H groups in total. The summed E-state index contributed by atoms with van der Waals surface area (Å²) in [6.07, 6.45) is 8.10. The minimum Gasteiger partial charge on any atom is -0.381 e. The molecule has 2 aromatic carbocycles. The fraction of sp³-hybridized carbons (Fsp3) is 0.394. The number of aromatic amines is 2. The summed E-state index contributed by atoms with van der Waals surface area (Å²) in [6.45, 7) is 0. The number of aromatic nitrogens is 3. The van der Waals surface area contributed by atoms with Crippen LogP contribution in [0.5, 0.6) is 0 Å². The van der Waals surface area contributed by atoms with Gasteiger partial charge in [0.1, 0.15) is 6.04 Å². The maximum atomic E-state index is 14.0. The van der Waals surface area contributed by atoms with Gasteiger partial charge in [-0.05, 0) is 98.7 Å². The smallest absolute Gasteiger partial charge is 0.323 e. The quantitative estimate of drug-likeness (QED) is 0.244. The highest BCUT2D eigenvalue weighted by Gasteiger charge is 2.46. The molecule has 4 aromatic rings. The molecular formula is C33H34ClN5O5. The predicted octanol–water partition coefficient (Wildman–Crippen LogP) is 4.93. The van der Waals surface area contributed by atoms with Crippen molar-refractivity contribution >= 4 is 40.1 Å². The van der Waals surface area contributed by atoms with Crippen molar-refractivity contribution < 1.29 is 14.3 Å². The number of amides is 2. The molecule has 2 saturated carbocycles. The Hall–Kier alpha value is -4.15. The van der Waals surface area contributed by atoms with Crippen LogP contribution in [-0.4, -0.2) is 45.1 Å². The molecule has 7 rings (SSSR count). The van der Waals surface area contributed by atoms with Crippen LogP contribution in [0, 0.1) is 5.92 Å². The number of imidazole rings is 1. The van der Waals surface area contributed by atoms with Crippen LogP contribution < -0.4 is 21.9 Å². The molecule has 1 spiro atoms.